The van der Waals surface area contributed by atoms with Crippen molar-refractivity contribution in [2.75, 3.05) is 0 Å². The van der Waals surface area contributed by atoms with E-state index in [-0.39, 0.29) is 30.4 Å². The maximum Gasteiger partial charge on any atom is 0.276 e. The van der Waals surface area contributed by atoms with E-state index in [0.717, 1.165) is 11.1 Å². The summed E-state index contributed by atoms with van der Waals surface area (Å²) in [5, 5.41) is 2.75. The number of hydrogen-bond acceptors (Lipinski definition) is 3. The molecule has 0 saturated heterocycles. The molecule has 0 unspecified atom stereocenters. The molecule has 0 fully saturated rings. The van der Waals surface area contributed by atoms with Crippen LogP contribution in [0.2, 0.25) is 0 Å². The standard InChI is InChI=1S/C25H19FN4O2/c26-20-9-2-1-7-19(20)15-28-24(31)18-8-3-6-17(14-18)16-30-23-21(10-4-12-27-23)29-13-5-11-22(29)25(30)32/h1-14H,15-16H2,(H,28,31). The Balaban J connectivity index is 1.45. The van der Waals surface area contributed by atoms with Gasteiger partial charge < -0.3 is 9.72 Å². The molecular formula is C25H19FN4O2. The number of amides is 1. The van der Waals surface area contributed by atoms with Gasteiger partial charge in [0.1, 0.15) is 11.3 Å². The minimum absolute atomic E-state index is 0.0919. The summed E-state index contributed by atoms with van der Waals surface area (Å²) < 4.78 is 17.3. The second-order valence-electron chi connectivity index (χ2n) is 7.48. The van der Waals surface area contributed by atoms with Gasteiger partial charge in [0.25, 0.3) is 11.5 Å². The summed E-state index contributed by atoms with van der Waals surface area (Å²) in [5.41, 5.74) is 3.43. The molecule has 2 aromatic carbocycles. The van der Waals surface area contributed by atoms with Crippen molar-refractivity contribution < 1.29 is 9.18 Å². The first kappa shape index (κ1) is 19.7. The number of nitrogens with zero attached hydrogens (tertiary/aromatic N) is 3. The Morgan fingerprint density at radius 2 is 1.81 bits per heavy atom. The SMILES string of the molecule is O=C(NCc1ccccc1F)c1cccc(Cn2c(=O)c3cccn3c3cccnc32)c1. The molecule has 0 aliphatic heterocycles. The van der Waals surface area contributed by atoms with Gasteiger partial charge in [0.15, 0.2) is 5.65 Å². The molecule has 0 spiro atoms. The van der Waals surface area contributed by atoms with E-state index >= 15 is 0 Å². The third kappa shape index (κ3) is 3.54. The average molecular weight is 426 g/mol. The van der Waals surface area contributed by atoms with Gasteiger partial charge in [-0.1, -0.05) is 30.3 Å². The van der Waals surface area contributed by atoms with Crippen molar-refractivity contribution in [3.63, 3.8) is 0 Å². The zero-order valence-electron chi connectivity index (χ0n) is 17.0. The van der Waals surface area contributed by atoms with Gasteiger partial charge in [-0.25, -0.2) is 9.37 Å². The van der Waals surface area contributed by atoms with Crippen LogP contribution in [0, 0.1) is 5.82 Å². The zero-order chi connectivity index (χ0) is 22.1. The summed E-state index contributed by atoms with van der Waals surface area (Å²) >= 11 is 0. The highest BCUT2D eigenvalue weighted by atomic mass is 19.1. The third-order valence-electron chi connectivity index (χ3n) is 5.42. The van der Waals surface area contributed by atoms with Crippen LogP contribution >= 0.6 is 0 Å². The fourth-order valence-corrected chi connectivity index (χ4v) is 3.84. The van der Waals surface area contributed by atoms with E-state index < -0.39 is 0 Å². The van der Waals surface area contributed by atoms with Crippen LogP contribution in [0.1, 0.15) is 21.5 Å². The predicted molar refractivity (Wildman–Crippen MR) is 120 cm³/mol. The average Bonchev–Trinajstić information content (AvgIpc) is 3.32. The Bertz CT molecular complexity index is 1520. The molecule has 158 valence electrons. The predicted octanol–water partition coefficient (Wildman–Crippen LogP) is 3.77. The molecule has 0 bridgehead atoms. The number of carbonyl (C=O) groups is 1. The van der Waals surface area contributed by atoms with Gasteiger partial charge >= 0.3 is 0 Å². The van der Waals surface area contributed by atoms with Gasteiger partial charge in [-0.05, 0) is 48.0 Å². The maximum atomic E-state index is 13.8. The third-order valence-corrected chi connectivity index (χ3v) is 5.42. The van der Waals surface area contributed by atoms with Crippen molar-refractivity contribution in [1.29, 1.82) is 0 Å². The molecular weight excluding hydrogens is 407 g/mol. The fraction of sp³-hybridized carbons (Fsp3) is 0.0800. The molecule has 0 aliphatic carbocycles. The van der Waals surface area contributed by atoms with E-state index in [1.54, 1.807) is 53.2 Å². The number of carbonyl (C=O) groups excluding carboxylic acids is 1. The number of benzene rings is 2. The van der Waals surface area contributed by atoms with Crippen LogP contribution in [0.5, 0.6) is 0 Å². The number of fused-ring (bicyclic) bond motifs is 3. The minimum atomic E-state index is -0.360. The van der Waals surface area contributed by atoms with Gasteiger partial charge in [0.05, 0.1) is 12.1 Å². The monoisotopic (exact) mass is 426 g/mol. The zero-order valence-corrected chi connectivity index (χ0v) is 17.0. The van der Waals surface area contributed by atoms with E-state index in [0.29, 0.717) is 22.3 Å². The van der Waals surface area contributed by atoms with E-state index in [9.17, 15) is 14.0 Å². The van der Waals surface area contributed by atoms with Crippen LogP contribution in [0.25, 0.3) is 16.7 Å². The van der Waals surface area contributed by atoms with E-state index in [4.69, 9.17) is 0 Å². The summed E-state index contributed by atoms with van der Waals surface area (Å²) in [7, 11) is 0. The van der Waals surface area contributed by atoms with Crippen LogP contribution in [0.15, 0.2) is 90.0 Å². The molecule has 6 nitrogen and oxygen atoms in total. The number of hydrogen-bond donors (Lipinski definition) is 1. The molecule has 0 aliphatic rings. The first-order valence-electron chi connectivity index (χ1n) is 10.2. The van der Waals surface area contributed by atoms with Crippen LogP contribution in [0.4, 0.5) is 4.39 Å². The quantitative estimate of drug-likeness (QED) is 0.465. The van der Waals surface area contributed by atoms with Gasteiger partial charge in [-0.3, -0.25) is 14.2 Å². The Labute approximate surface area is 182 Å². The van der Waals surface area contributed by atoms with E-state index in [2.05, 4.69) is 10.3 Å². The summed E-state index contributed by atoms with van der Waals surface area (Å²) in [6.07, 6.45) is 3.49. The van der Waals surface area contributed by atoms with Crippen molar-refractivity contribution in [3.8, 4) is 0 Å². The second-order valence-corrected chi connectivity index (χ2v) is 7.48. The first-order chi connectivity index (χ1) is 15.6. The molecule has 5 aromatic rings. The van der Waals surface area contributed by atoms with E-state index in [1.165, 1.54) is 6.07 Å². The lowest BCUT2D eigenvalue weighted by molar-refractivity contribution is 0.0950. The summed E-state index contributed by atoms with van der Waals surface area (Å²) in [4.78, 5) is 30.2. The van der Waals surface area contributed by atoms with Crippen molar-refractivity contribution in [1.82, 2.24) is 19.3 Å². The van der Waals surface area contributed by atoms with Gasteiger partial charge in [0, 0.05) is 30.1 Å². The molecule has 1 amide bonds. The van der Waals surface area contributed by atoms with Crippen molar-refractivity contribution >= 4 is 22.6 Å². The van der Waals surface area contributed by atoms with Crippen LogP contribution < -0.4 is 10.9 Å². The molecule has 32 heavy (non-hydrogen) atoms. The molecule has 3 aromatic heterocycles. The molecule has 1 N–H and O–H groups in total. The fourth-order valence-electron chi connectivity index (χ4n) is 3.84. The molecule has 7 heteroatoms. The normalized spacial score (nSPS) is 11.2. The smallest absolute Gasteiger partial charge is 0.276 e. The van der Waals surface area contributed by atoms with Gasteiger partial charge in [-0.2, -0.15) is 0 Å². The largest absolute Gasteiger partial charge is 0.348 e. The maximum absolute atomic E-state index is 13.8. The summed E-state index contributed by atoms with van der Waals surface area (Å²) in [6, 6.07) is 20.7. The number of pyridine rings is 1. The van der Waals surface area contributed by atoms with Gasteiger partial charge in [-0.15, -0.1) is 0 Å². The Morgan fingerprint density at radius 3 is 2.69 bits per heavy atom. The Morgan fingerprint density at radius 1 is 0.969 bits per heavy atom. The summed E-state index contributed by atoms with van der Waals surface area (Å²) in [6.45, 7) is 0.358. The first-order valence-corrected chi connectivity index (χ1v) is 10.2. The van der Waals surface area contributed by atoms with Crippen molar-refractivity contribution in [2.45, 2.75) is 13.1 Å². The summed E-state index contributed by atoms with van der Waals surface area (Å²) in [5.74, 6) is -0.673. The van der Waals surface area contributed by atoms with E-state index in [1.807, 2.05) is 34.9 Å². The topological polar surface area (TPSA) is 68.4 Å². The number of nitrogens with one attached hydrogen (secondary N) is 1. The molecule has 0 radical (unpaired) electrons. The highest BCUT2D eigenvalue weighted by Gasteiger charge is 2.13. The van der Waals surface area contributed by atoms with Crippen LogP contribution in [-0.4, -0.2) is 19.9 Å². The lowest BCUT2D eigenvalue weighted by Gasteiger charge is -2.12. The second kappa shape index (κ2) is 8.11. The highest BCUT2D eigenvalue weighted by molar-refractivity contribution is 5.94. The lowest BCUT2D eigenvalue weighted by Crippen LogP contribution is -2.25. The Hall–Kier alpha value is -4.26. The lowest BCUT2D eigenvalue weighted by atomic mass is 10.1. The Kier molecular flexibility index (Phi) is 4.99. The molecule has 0 saturated carbocycles. The molecule has 0 atom stereocenters. The highest BCUT2D eigenvalue weighted by Crippen LogP contribution is 2.15. The molecule has 5 rings (SSSR count). The number of aromatic nitrogens is 3. The van der Waals surface area contributed by atoms with Crippen molar-refractivity contribution in [2.24, 2.45) is 0 Å². The molecule has 3 heterocycles. The van der Waals surface area contributed by atoms with Crippen LogP contribution in [-0.2, 0) is 13.1 Å². The van der Waals surface area contributed by atoms with Crippen molar-refractivity contribution in [3.05, 3.63) is 118 Å². The number of halogens is 1. The van der Waals surface area contributed by atoms with Gasteiger partial charge in [0.2, 0.25) is 0 Å². The number of rotatable bonds is 5. The minimum Gasteiger partial charge on any atom is -0.348 e. The van der Waals surface area contributed by atoms with Crippen LogP contribution in [0.3, 0.4) is 0 Å².